The molecule has 2 aliphatic rings. The number of hydrogen-bond donors (Lipinski definition) is 4. The molecule has 2 aliphatic heterocycles. The van der Waals surface area contributed by atoms with Gasteiger partial charge in [-0.05, 0) is 12.5 Å². The molecule has 2 saturated heterocycles. The summed E-state index contributed by atoms with van der Waals surface area (Å²) in [7, 11) is 0. The lowest BCUT2D eigenvalue weighted by atomic mass is 10.0. The number of carboxylic acids is 1. The fourth-order valence-electron chi connectivity index (χ4n) is 3.70. The van der Waals surface area contributed by atoms with Gasteiger partial charge >= 0.3 is 23.8 Å². The highest BCUT2D eigenvalue weighted by Crippen LogP contribution is 2.17. The van der Waals surface area contributed by atoms with Crippen LogP contribution in [0.1, 0.15) is 18.5 Å². The zero-order valence-electron chi connectivity index (χ0n) is 19.4. The Labute approximate surface area is 205 Å². The van der Waals surface area contributed by atoms with Crippen LogP contribution in [0.15, 0.2) is 30.3 Å². The maximum atomic E-state index is 13.0. The van der Waals surface area contributed by atoms with Gasteiger partial charge in [-0.2, -0.15) is 0 Å². The molecule has 3 rings (SSSR count). The molecule has 36 heavy (non-hydrogen) atoms. The van der Waals surface area contributed by atoms with E-state index in [1.165, 1.54) is 4.90 Å². The maximum absolute atomic E-state index is 13.0. The first kappa shape index (κ1) is 26.3. The number of urea groups is 1. The van der Waals surface area contributed by atoms with Crippen LogP contribution in [0.5, 0.6) is 0 Å². The number of hydrogen-bond acceptors (Lipinski definition) is 8. The van der Waals surface area contributed by atoms with Crippen molar-refractivity contribution < 1.29 is 38.7 Å². The quantitative estimate of drug-likeness (QED) is 0.212. The summed E-state index contributed by atoms with van der Waals surface area (Å²) in [6, 6.07) is 4.85. The summed E-state index contributed by atoms with van der Waals surface area (Å²) in [5, 5.41) is 15.9. The van der Waals surface area contributed by atoms with Crippen molar-refractivity contribution in [3.63, 3.8) is 0 Å². The summed E-state index contributed by atoms with van der Waals surface area (Å²) in [5.41, 5.74) is 0.367. The Balaban J connectivity index is 1.64. The number of likely N-dealkylation sites (N-methyl/N-ethyl adjacent to an activating group) is 1. The van der Waals surface area contributed by atoms with Crippen LogP contribution in [0.25, 0.3) is 0 Å². The summed E-state index contributed by atoms with van der Waals surface area (Å²) in [4.78, 5) is 88.2. The molecular formula is C22H26N6O8. The van der Waals surface area contributed by atoms with Gasteiger partial charge in [-0.25, -0.2) is 4.79 Å². The minimum Gasteiger partial charge on any atom is -0.480 e. The molecule has 0 radical (unpaired) electrons. The van der Waals surface area contributed by atoms with Crippen LogP contribution in [0.2, 0.25) is 0 Å². The van der Waals surface area contributed by atoms with Crippen LogP contribution in [0, 0.1) is 0 Å². The first-order valence-corrected chi connectivity index (χ1v) is 11.2. The van der Waals surface area contributed by atoms with Gasteiger partial charge in [0.1, 0.15) is 12.1 Å². The standard InChI is InChI=1S/C22H26N6O8/c1-2-26-8-9-27(21(35)20(26)34)22(36)25-17(13-6-4-3-5-7-13)18(32)24-14-12-28(19(14)33)15(29)10-23-11-16(30)31/h3-7,14,17,23H,2,8-12H2,1H3,(H,24,32)(H,25,36)(H,30,31)/t14-,17?/m0/s1. The summed E-state index contributed by atoms with van der Waals surface area (Å²) in [6.07, 6.45) is 0. The van der Waals surface area contributed by atoms with Crippen LogP contribution in [0.4, 0.5) is 4.79 Å². The second kappa shape index (κ2) is 11.4. The zero-order valence-corrected chi connectivity index (χ0v) is 19.4. The number of aliphatic carboxylic acids is 1. The Morgan fingerprint density at radius 2 is 1.69 bits per heavy atom. The smallest absolute Gasteiger partial charge is 0.325 e. The SMILES string of the molecule is CCN1CCN(C(=O)NC(C(=O)N[C@H]2CN(C(=O)CNCC(=O)O)C2=O)c2ccccc2)C(=O)C1=O. The van der Waals surface area contributed by atoms with Gasteiger partial charge in [0.2, 0.25) is 11.8 Å². The molecule has 0 saturated carbocycles. The Hall–Kier alpha value is -4.33. The Morgan fingerprint density at radius 1 is 1.00 bits per heavy atom. The second-order valence-electron chi connectivity index (χ2n) is 8.04. The third-order valence-electron chi connectivity index (χ3n) is 5.70. The monoisotopic (exact) mass is 502 g/mol. The highest BCUT2D eigenvalue weighted by atomic mass is 16.4. The summed E-state index contributed by atoms with van der Waals surface area (Å²) >= 11 is 0. The van der Waals surface area contributed by atoms with Crippen molar-refractivity contribution in [2.75, 3.05) is 39.3 Å². The van der Waals surface area contributed by atoms with E-state index in [2.05, 4.69) is 16.0 Å². The molecular weight excluding hydrogens is 476 g/mol. The molecule has 14 nitrogen and oxygen atoms in total. The lowest BCUT2D eigenvalue weighted by Gasteiger charge is -2.38. The van der Waals surface area contributed by atoms with Crippen LogP contribution in [-0.2, 0) is 28.8 Å². The average molecular weight is 502 g/mol. The zero-order chi connectivity index (χ0) is 26.4. The van der Waals surface area contributed by atoms with Crippen LogP contribution in [0.3, 0.4) is 0 Å². The number of β-lactam (4-membered cyclic amide) rings is 1. The summed E-state index contributed by atoms with van der Waals surface area (Å²) in [6.45, 7) is 1.21. The topological polar surface area (TPSA) is 186 Å². The molecule has 2 fully saturated rings. The van der Waals surface area contributed by atoms with Gasteiger partial charge < -0.3 is 20.6 Å². The van der Waals surface area contributed by atoms with Gasteiger partial charge in [0.25, 0.3) is 5.91 Å². The van der Waals surface area contributed by atoms with Crippen molar-refractivity contribution in [2.24, 2.45) is 0 Å². The first-order valence-electron chi connectivity index (χ1n) is 11.2. The Morgan fingerprint density at radius 3 is 2.31 bits per heavy atom. The Bertz CT molecular complexity index is 1080. The van der Waals surface area contributed by atoms with Gasteiger partial charge in [0, 0.05) is 19.6 Å². The normalized spacial score (nSPS) is 18.4. The largest absolute Gasteiger partial charge is 0.480 e. The van der Waals surface area contributed by atoms with E-state index < -0.39 is 60.2 Å². The molecule has 1 aromatic carbocycles. The molecule has 1 unspecified atom stereocenters. The predicted octanol–water partition coefficient (Wildman–Crippen LogP) is -2.34. The molecule has 1 aromatic rings. The number of rotatable bonds is 9. The maximum Gasteiger partial charge on any atom is 0.325 e. The minimum absolute atomic E-state index is 0.0402. The first-order chi connectivity index (χ1) is 17.1. The van der Waals surface area contributed by atoms with Crippen LogP contribution >= 0.6 is 0 Å². The fraction of sp³-hybridized carbons (Fsp3) is 0.409. The molecule has 192 valence electrons. The van der Waals surface area contributed by atoms with Gasteiger partial charge in [0.05, 0.1) is 19.6 Å². The van der Waals surface area contributed by atoms with Gasteiger partial charge in [-0.1, -0.05) is 30.3 Å². The molecule has 0 bridgehead atoms. The summed E-state index contributed by atoms with van der Waals surface area (Å²) < 4.78 is 0. The van der Waals surface area contributed by atoms with E-state index in [0.717, 1.165) is 9.80 Å². The highest BCUT2D eigenvalue weighted by Gasteiger charge is 2.43. The Kier molecular flexibility index (Phi) is 8.32. The second-order valence-corrected chi connectivity index (χ2v) is 8.04. The number of carboxylic acid groups (broad SMARTS) is 1. The van der Waals surface area contributed by atoms with Crippen molar-refractivity contribution in [2.45, 2.75) is 19.0 Å². The fourth-order valence-corrected chi connectivity index (χ4v) is 3.70. The number of benzene rings is 1. The number of imide groups is 2. The lowest BCUT2D eigenvalue weighted by Crippen LogP contribution is -2.67. The van der Waals surface area contributed by atoms with E-state index in [9.17, 15) is 33.6 Å². The van der Waals surface area contributed by atoms with Crippen molar-refractivity contribution in [3.05, 3.63) is 35.9 Å². The van der Waals surface area contributed by atoms with Gasteiger partial charge in [-0.15, -0.1) is 0 Å². The third kappa shape index (κ3) is 5.83. The van der Waals surface area contributed by atoms with E-state index in [1.54, 1.807) is 37.3 Å². The van der Waals surface area contributed by atoms with Crippen molar-refractivity contribution >= 4 is 41.5 Å². The summed E-state index contributed by atoms with van der Waals surface area (Å²) in [5.74, 6) is -5.06. The number of amides is 7. The number of carbonyl (C=O) groups is 7. The van der Waals surface area contributed by atoms with Crippen LogP contribution in [-0.4, -0.2) is 107 Å². The number of likely N-dealkylation sites (tertiary alicyclic amines) is 1. The van der Waals surface area contributed by atoms with Crippen molar-refractivity contribution in [3.8, 4) is 0 Å². The predicted molar refractivity (Wildman–Crippen MR) is 121 cm³/mol. The molecule has 2 atom stereocenters. The number of carbonyl (C=O) groups excluding carboxylic acids is 6. The van der Waals surface area contributed by atoms with Gasteiger partial charge in [-0.3, -0.25) is 43.9 Å². The molecule has 0 aromatic heterocycles. The molecule has 7 amide bonds. The molecule has 14 heteroatoms. The van der Waals surface area contributed by atoms with Crippen molar-refractivity contribution in [1.29, 1.82) is 0 Å². The lowest BCUT2D eigenvalue weighted by molar-refractivity contribution is -0.156. The minimum atomic E-state index is -1.29. The molecule has 0 aliphatic carbocycles. The highest BCUT2D eigenvalue weighted by molar-refractivity contribution is 6.38. The van der Waals surface area contributed by atoms with E-state index in [-0.39, 0.29) is 26.2 Å². The van der Waals surface area contributed by atoms with Crippen LogP contribution < -0.4 is 16.0 Å². The van der Waals surface area contributed by atoms with Gasteiger partial charge in [0.15, 0.2) is 0 Å². The molecule has 2 heterocycles. The van der Waals surface area contributed by atoms with E-state index in [4.69, 9.17) is 5.11 Å². The number of nitrogens with one attached hydrogen (secondary N) is 3. The van der Waals surface area contributed by atoms with Crippen molar-refractivity contribution in [1.82, 2.24) is 30.7 Å². The molecule has 4 N–H and O–H groups in total. The third-order valence-corrected chi connectivity index (χ3v) is 5.70. The van der Waals surface area contributed by atoms with E-state index in [0.29, 0.717) is 12.1 Å². The number of nitrogens with zero attached hydrogens (tertiary/aromatic N) is 3. The van der Waals surface area contributed by atoms with E-state index >= 15 is 0 Å². The molecule has 0 spiro atoms. The van der Waals surface area contributed by atoms with E-state index in [1.807, 2.05) is 0 Å². The number of piperazine rings is 1. The average Bonchev–Trinajstić information content (AvgIpc) is 2.86.